The van der Waals surface area contributed by atoms with Crippen molar-refractivity contribution >= 4 is 22.3 Å². The van der Waals surface area contributed by atoms with Gasteiger partial charge in [0, 0.05) is 30.0 Å². The van der Waals surface area contributed by atoms with Crippen LogP contribution < -0.4 is 5.32 Å². The Bertz CT molecular complexity index is 780. The first-order chi connectivity index (χ1) is 11.8. The zero-order valence-corrected chi connectivity index (χ0v) is 14.4. The van der Waals surface area contributed by atoms with Crippen LogP contribution in [-0.4, -0.2) is 31.4 Å². The lowest BCUT2D eigenvalue weighted by Gasteiger charge is -2.22. The third-order valence-electron chi connectivity index (χ3n) is 4.30. The van der Waals surface area contributed by atoms with Crippen molar-refractivity contribution in [2.24, 2.45) is 0 Å². The predicted octanol–water partition coefficient (Wildman–Crippen LogP) is 3.65. The molecule has 24 heavy (non-hydrogen) atoms. The molecular weight excluding hydrogens is 320 g/mol. The summed E-state index contributed by atoms with van der Waals surface area (Å²) in [5.41, 5.74) is 3.45. The molecule has 0 aliphatic carbocycles. The molecule has 1 saturated heterocycles. The molecule has 0 unspecified atom stereocenters. The van der Waals surface area contributed by atoms with Gasteiger partial charge in [-0.25, -0.2) is 15.0 Å². The maximum Gasteiger partial charge on any atom is 0.188 e. The number of imidazole rings is 1. The van der Waals surface area contributed by atoms with Crippen molar-refractivity contribution in [3.8, 4) is 0 Å². The highest BCUT2D eigenvalue weighted by Crippen LogP contribution is 2.34. The normalized spacial score (nSPS) is 18.1. The first-order valence-electron chi connectivity index (χ1n) is 8.14. The summed E-state index contributed by atoms with van der Waals surface area (Å²) in [5.74, 6) is 0.835. The minimum absolute atomic E-state index is 0.381. The van der Waals surface area contributed by atoms with E-state index in [0.717, 1.165) is 47.4 Å². The number of nitrogens with one attached hydrogen (secondary N) is 2. The Morgan fingerprint density at radius 2 is 2.33 bits per heavy atom. The van der Waals surface area contributed by atoms with E-state index in [2.05, 4.69) is 30.5 Å². The third kappa shape index (κ3) is 3.32. The van der Waals surface area contributed by atoms with Crippen LogP contribution >= 0.6 is 11.3 Å². The molecule has 124 valence electrons. The molecule has 4 rings (SSSR count). The van der Waals surface area contributed by atoms with Gasteiger partial charge in [-0.3, -0.25) is 4.90 Å². The summed E-state index contributed by atoms with van der Waals surface area (Å²) in [5, 5.41) is 6.35. The number of aromatic nitrogens is 4. The standard InChI is InChI=1S/C17H20N6S/c1-12-4-5-16(19-7-12)22-17-21-14(10-24-17)15-3-2-6-23(15)9-13-8-18-11-20-13/h4-5,7-8,10-11,15H,2-3,6,9H2,1H3,(H,18,20)(H,19,21,22)/t15-/m1/s1. The fourth-order valence-corrected chi connectivity index (χ4v) is 3.85. The summed E-state index contributed by atoms with van der Waals surface area (Å²) in [6, 6.07) is 4.41. The largest absolute Gasteiger partial charge is 0.347 e. The molecule has 3 aromatic rings. The summed E-state index contributed by atoms with van der Waals surface area (Å²) in [7, 11) is 0. The van der Waals surface area contributed by atoms with E-state index in [4.69, 9.17) is 4.98 Å². The van der Waals surface area contributed by atoms with E-state index in [1.165, 1.54) is 6.42 Å². The van der Waals surface area contributed by atoms with Crippen LogP contribution in [0.25, 0.3) is 0 Å². The Hall–Kier alpha value is -2.25. The van der Waals surface area contributed by atoms with Gasteiger partial charge in [-0.2, -0.15) is 0 Å². The van der Waals surface area contributed by atoms with Crippen LogP contribution in [0.15, 0.2) is 36.2 Å². The quantitative estimate of drug-likeness (QED) is 0.742. The van der Waals surface area contributed by atoms with Crippen molar-refractivity contribution < 1.29 is 0 Å². The van der Waals surface area contributed by atoms with E-state index in [0.29, 0.717) is 6.04 Å². The topological polar surface area (TPSA) is 69.7 Å². The second-order valence-electron chi connectivity index (χ2n) is 6.13. The van der Waals surface area contributed by atoms with Crippen molar-refractivity contribution in [1.29, 1.82) is 0 Å². The van der Waals surface area contributed by atoms with Crippen molar-refractivity contribution in [2.45, 2.75) is 32.4 Å². The first kappa shape index (κ1) is 15.3. The number of anilines is 2. The lowest BCUT2D eigenvalue weighted by molar-refractivity contribution is 0.242. The highest BCUT2D eigenvalue weighted by atomic mass is 32.1. The van der Waals surface area contributed by atoms with E-state index in [-0.39, 0.29) is 0 Å². The maximum absolute atomic E-state index is 4.79. The Kier molecular flexibility index (Phi) is 4.27. The van der Waals surface area contributed by atoms with Crippen LogP contribution in [0.3, 0.4) is 0 Å². The van der Waals surface area contributed by atoms with Gasteiger partial charge in [-0.1, -0.05) is 6.07 Å². The van der Waals surface area contributed by atoms with Crippen LogP contribution in [0, 0.1) is 6.92 Å². The van der Waals surface area contributed by atoms with Gasteiger partial charge < -0.3 is 10.3 Å². The predicted molar refractivity (Wildman–Crippen MR) is 95.3 cm³/mol. The molecule has 1 aliphatic heterocycles. The molecular formula is C17H20N6S. The van der Waals surface area contributed by atoms with Gasteiger partial charge in [-0.15, -0.1) is 11.3 Å². The van der Waals surface area contributed by atoms with Gasteiger partial charge in [0.25, 0.3) is 0 Å². The van der Waals surface area contributed by atoms with Gasteiger partial charge in [0.15, 0.2) is 5.13 Å². The van der Waals surface area contributed by atoms with Gasteiger partial charge >= 0.3 is 0 Å². The summed E-state index contributed by atoms with van der Waals surface area (Å²) in [6.45, 7) is 4.03. The van der Waals surface area contributed by atoms with Crippen LogP contribution in [-0.2, 0) is 6.54 Å². The van der Waals surface area contributed by atoms with Gasteiger partial charge in [0.2, 0.25) is 0 Å². The van der Waals surface area contributed by atoms with E-state index in [9.17, 15) is 0 Å². The number of hydrogen-bond acceptors (Lipinski definition) is 6. The number of likely N-dealkylation sites (tertiary alicyclic amines) is 1. The number of aryl methyl sites for hydroxylation is 1. The molecule has 0 spiro atoms. The molecule has 3 aromatic heterocycles. The van der Waals surface area contributed by atoms with Gasteiger partial charge in [0.05, 0.1) is 18.1 Å². The van der Waals surface area contributed by atoms with Crippen molar-refractivity contribution in [1.82, 2.24) is 24.8 Å². The van der Waals surface area contributed by atoms with Crippen molar-refractivity contribution in [2.75, 3.05) is 11.9 Å². The second kappa shape index (κ2) is 6.70. The zero-order valence-electron chi connectivity index (χ0n) is 13.6. The number of rotatable bonds is 5. The molecule has 1 fully saturated rings. The third-order valence-corrected chi connectivity index (χ3v) is 5.08. The van der Waals surface area contributed by atoms with Crippen LogP contribution in [0.1, 0.15) is 35.8 Å². The molecule has 0 bridgehead atoms. The molecule has 4 heterocycles. The number of hydrogen-bond donors (Lipinski definition) is 2. The average Bonchev–Trinajstić information content (AvgIpc) is 3.32. The number of pyridine rings is 1. The molecule has 0 saturated carbocycles. The summed E-state index contributed by atoms with van der Waals surface area (Å²) in [4.78, 5) is 18.9. The Morgan fingerprint density at radius 3 is 3.12 bits per heavy atom. The molecule has 1 aliphatic rings. The van der Waals surface area contributed by atoms with E-state index >= 15 is 0 Å². The number of nitrogens with zero attached hydrogens (tertiary/aromatic N) is 4. The van der Waals surface area contributed by atoms with Crippen LogP contribution in [0.2, 0.25) is 0 Å². The maximum atomic E-state index is 4.79. The van der Waals surface area contributed by atoms with E-state index in [1.54, 1.807) is 17.7 Å². The Balaban J connectivity index is 1.46. The fourth-order valence-electron chi connectivity index (χ4n) is 3.09. The fraction of sp³-hybridized carbons (Fsp3) is 0.353. The number of aromatic amines is 1. The monoisotopic (exact) mass is 340 g/mol. The SMILES string of the molecule is Cc1ccc(Nc2nc([C@H]3CCCN3Cc3cnc[nH]3)cs2)nc1. The molecule has 1 atom stereocenters. The lowest BCUT2D eigenvalue weighted by Crippen LogP contribution is -2.23. The zero-order chi connectivity index (χ0) is 16.4. The van der Waals surface area contributed by atoms with Crippen LogP contribution in [0.4, 0.5) is 10.9 Å². The minimum Gasteiger partial charge on any atom is -0.347 e. The molecule has 6 nitrogen and oxygen atoms in total. The van der Waals surface area contributed by atoms with E-state index in [1.807, 2.05) is 31.5 Å². The second-order valence-corrected chi connectivity index (χ2v) is 6.99. The highest BCUT2D eigenvalue weighted by molar-refractivity contribution is 7.13. The van der Waals surface area contributed by atoms with E-state index < -0.39 is 0 Å². The minimum atomic E-state index is 0.381. The van der Waals surface area contributed by atoms with Crippen LogP contribution in [0.5, 0.6) is 0 Å². The highest BCUT2D eigenvalue weighted by Gasteiger charge is 2.28. The Morgan fingerprint density at radius 1 is 1.38 bits per heavy atom. The van der Waals surface area contributed by atoms with Gasteiger partial charge in [-0.05, 0) is 37.9 Å². The lowest BCUT2D eigenvalue weighted by atomic mass is 10.1. The average molecular weight is 340 g/mol. The van der Waals surface area contributed by atoms with Gasteiger partial charge in [0.1, 0.15) is 5.82 Å². The first-order valence-corrected chi connectivity index (χ1v) is 9.02. The van der Waals surface area contributed by atoms with Crippen molar-refractivity contribution in [3.63, 3.8) is 0 Å². The van der Waals surface area contributed by atoms with Crippen molar-refractivity contribution in [3.05, 3.63) is 53.2 Å². The number of thiazole rings is 1. The number of H-pyrrole nitrogens is 1. The molecule has 0 radical (unpaired) electrons. The Labute approximate surface area is 145 Å². The summed E-state index contributed by atoms with van der Waals surface area (Å²) < 4.78 is 0. The molecule has 7 heteroatoms. The summed E-state index contributed by atoms with van der Waals surface area (Å²) >= 11 is 1.64. The summed E-state index contributed by atoms with van der Waals surface area (Å²) in [6.07, 6.45) is 7.85. The molecule has 0 amide bonds. The smallest absolute Gasteiger partial charge is 0.188 e. The molecule has 0 aromatic carbocycles. The molecule has 2 N–H and O–H groups in total.